The predicted molar refractivity (Wildman–Crippen MR) is 125 cm³/mol. The van der Waals surface area contributed by atoms with Crippen molar-refractivity contribution in [3.8, 4) is 17.1 Å². The van der Waals surface area contributed by atoms with Gasteiger partial charge in [0.25, 0.3) is 5.91 Å². The summed E-state index contributed by atoms with van der Waals surface area (Å²) in [5, 5.41) is 2.98. The van der Waals surface area contributed by atoms with Crippen molar-refractivity contribution in [2.24, 2.45) is 0 Å². The molecule has 2 aromatic carbocycles. The van der Waals surface area contributed by atoms with Gasteiger partial charge in [-0.3, -0.25) is 9.59 Å². The summed E-state index contributed by atoms with van der Waals surface area (Å²) in [6, 6.07) is 15.2. The second kappa shape index (κ2) is 8.65. The van der Waals surface area contributed by atoms with E-state index in [1.54, 1.807) is 17.0 Å². The topological polar surface area (TPSA) is 84.4 Å². The molecule has 5 rings (SSSR count). The van der Waals surface area contributed by atoms with Crippen LogP contribution in [0.2, 0.25) is 0 Å². The molecule has 0 aliphatic carbocycles. The Kier molecular flexibility index (Phi) is 5.54. The number of hydrogen-bond acceptors (Lipinski definition) is 5. The minimum Gasteiger partial charge on any atom is -0.487 e. The normalized spacial score (nSPS) is 17.1. The molecule has 1 saturated heterocycles. The van der Waals surface area contributed by atoms with Gasteiger partial charge < -0.3 is 15.0 Å². The van der Waals surface area contributed by atoms with Crippen LogP contribution < -0.4 is 15.0 Å². The van der Waals surface area contributed by atoms with Gasteiger partial charge in [-0.05, 0) is 56.2 Å². The number of rotatable bonds is 5. The average Bonchev–Trinajstić information content (AvgIpc) is 3.42. The Hall–Kier alpha value is -3.74. The Morgan fingerprint density at radius 3 is 2.67 bits per heavy atom. The largest absolute Gasteiger partial charge is 0.487 e. The molecule has 7 heteroatoms. The zero-order valence-corrected chi connectivity index (χ0v) is 18.8. The van der Waals surface area contributed by atoms with Crippen LogP contribution in [0.15, 0.2) is 48.5 Å². The number of benzene rings is 2. The molecular formula is C26H26N4O3. The van der Waals surface area contributed by atoms with Gasteiger partial charge in [-0.25, -0.2) is 9.97 Å². The smallest absolute Gasteiger partial charge is 0.251 e. The molecule has 1 aromatic heterocycles. The molecule has 2 amide bonds. The van der Waals surface area contributed by atoms with Crippen molar-refractivity contribution in [3.05, 3.63) is 71.0 Å². The van der Waals surface area contributed by atoms with Crippen LogP contribution in [0.1, 0.15) is 40.2 Å². The number of para-hydroxylation sites is 1. The number of carbonyl (C=O) groups is 2. The summed E-state index contributed by atoms with van der Waals surface area (Å²) in [7, 11) is 0. The van der Waals surface area contributed by atoms with Crippen LogP contribution in [-0.2, 0) is 11.2 Å². The van der Waals surface area contributed by atoms with E-state index in [0.717, 1.165) is 40.4 Å². The summed E-state index contributed by atoms with van der Waals surface area (Å²) in [6.07, 6.45) is 1.95. The number of carbonyl (C=O) groups excluding carboxylic acids is 2. The Balaban J connectivity index is 1.27. The molecule has 3 heterocycles. The van der Waals surface area contributed by atoms with Gasteiger partial charge in [0.05, 0.1) is 12.1 Å². The molecule has 1 fully saturated rings. The first-order valence-corrected chi connectivity index (χ1v) is 11.3. The second-order valence-corrected chi connectivity index (χ2v) is 8.62. The van der Waals surface area contributed by atoms with E-state index in [1.807, 2.05) is 50.2 Å². The summed E-state index contributed by atoms with van der Waals surface area (Å²) < 4.78 is 6.23. The molecule has 33 heavy (non-hydrogen) atoms. The fourth-order valence-electron chi connectivity index (χ4n) is 4.52. The summed E-state index contributed by atoms with van der Waals surface area (Å²) >= 11 is 0. The molecule has 168 valence electrons. The van der Waals surface area contributed by atoms with Gasteiger partial charge in [0.1, 0.15) is 11.9 Å². The molecule has 2 aliphatic rings. The van der Waals surface area contributed by atoms with E-state index in [1.165, 1.54) is 0 Å². The molecular weight excluding hydrogens is 416 g/mol. The highest BCUT2D eigenvalue weighted by Gasteiger charge is 2.27. The minimum atomic E-state index is -0.180. The number of nitrogens with one attached hydrogen (secondary N) is 1. The van der Waals surface area contributed by atoms with Gasteiger partial charge in [-0.1, -0.05) is 18.2 Å². The number of amides is 2. The maximum Gasteiger partial charge on any atom is 0.251 e. The molecule has 1 atom stereocenters. The molecule has 0 saturated carbocycles. The third-order valence-corrected chi connectivity index (χ3v) is 6.04. The molecule has 2 aliphatic heterocycles. The van der Waals surface area contributed by atoms with Crippen molar-refractivity contribution >= 4 is 17.5 Å². The lowest BCUT2D eigenvalue weighted by molar-refractivity contribution is -0.117. The highest BCUT2D eigenvalue weighted by atomic mass is 16.5. The van der Waals surface area contributed by atoms with Crippen molar-refractivity contribution in [2.45, 2.75) is 39.2 Å². The van der Waals surface area contributed by atoms with E-state index in [2.05, 4.69) is 15.3 Å². The zero-order valence-electron chi connectivity index (χ0n) is 18.8. The maximum absolute atomic E-state index is 12.8. The first kappa shape index (κ1) is 21.1. The van der Waals surface area contributed by atoms with E-state index in [0.29, 0.717) is 37.3 Å². The van der Waals surface area contributed by atoms with Crippen molar-refractivity contribution in [1.82, 2.24) is 15.3 Å². The molecule has 0 bridgehead atoms. The molecule has 0 radical (unpaired) electrons. The number of aryl methyl sites for hydroxylation is 2. The van der Waals surface area contributed by atoms with Crippen LogP contribution in [0.4, 0.5) is 5.69 Å². The van der Waals surface area contributed by atoms with Crippen molar-refractivity contribution in [2.75, 3.05) is 18.0 Å². The summed E-state index contributed by atoms with van der Waals surface area (Å²) in [6.45, 7) is 4.99. The molecule has 7 nitrogen and oxygen atoms in total. The highest BCUT2D eigenvalue weighted by molar-refractivity contribution is 5.99. The van der Waals surface area contributed by atoms with Gasteiger partial charge in [0.2, 0.25) is 5.91 Å². The average molecular weight is 443 g/mol. The van der Waals surface area contributed by atoms with Crippen LogP contribution in [0, 0.1) is 13.8 Å². The lowest BCUT2D eigenvalue weighted by Gasteiger charge is -2.17. The van der Waals surface area contributed by atoms with Crippen LogP contribution in [-0.4, -0.2) is 41.0 Å². The standard InChI is InChI=1S/C26H26N4O3/c1-16-12-17(2)29-25(28-16)22-9-4-6-18-14-21(33-24(18)22)15-27-26(32)19-7-3-8-20(13-19)30-11-5-10-23(30)31/h3-4,6-9,12-13,21H,5,10-11,14-15H2,1-2H3,(H,27,32). The summed E-state index contributed by atoms with van der Waals surface area (Å²) in [5.41, 5.74) is 5.09. The third-order valence-electron chi connectivity index (χ3n) is 6.04. The van der Waals surface area contributed by atoms with E-state index in [-0.39, 0.29) is 17.9 Å². The fraction of sp³-hybridized carbons (Fsp3) is 0.308. The summed E-state index contributed by atoms with van der Waals surface area (Å²) in [4.78, 5) is 35.7. The second-order valence-electron chi connectivity index (χ2n) is 8.62. The highest BCUT2D eigenvalue weighted by Crippen LogP contribution is 2.37. The monoisotopic (exact) mass is 442 g/mol. The van der Waals surface area contributed by atoms with Crippen LogP contribution in [0.3, 0.4) is 0 Å². The number of aromatic nitrogens is 2. The van der Waals surface area contributed by atoms with Gasteiger partial charge >= 0.3 is 0 Å². The predicted octanol–water partition coefficient (Wildman–Crippen LogP) is 3.62. The van der Waals surface area contributed by atoms with Crippen LogP contribution in [0.25, 0.3) is 11.4 Å². The van der Waals surface area contributed by atoms with E-state index in [4.69, 9.17) is 4.74 Å². The Morgan fingerprint density at radius 1 is 1.12 bits per heavy atom. The van der Waals surface area contributed by atoms with Gasteiger partial charge in [0, 0.05) is 42.0 Å². The lowest BCUT2D eigenvalue weighted by atomic mass is 10.1. The number of nitrogens with zero attached hydrogens (tertiary/aromatic N) is 3. The van der Waals surface area contributed by atoms with Crippen LogP contribution >= 0.6 is 0 Å². The fourth-order valence-corrected chi connectivity index (χ4v) is 4.52. The molecule has 0 spiro atoms. The first-order valence-electron chi connectivity index (χ1n) is 11.3. The number of anilines is 1. The van der Waals surface area contributed by atoms with Crippen molar-refractivity contribution < 1.29 is 14.3 Å². The van der Waals surface area contributed by atoms with E-state index in [9.17, 15) is 9.59 Å². The number of fused-ring (bicyclic) bond motifs is 1. The van der Waals surface area contributed by atoms with Gasteiger partial charge in [-0.2, -0.15) is 0 Å². The lowest BCUT2D eigenvalue weighted by Crippen LogP contribution is -2.34. The first-order chi connectivity index (χ1) is 16.0. The quantitative estimate of drug-likeness (QED) is 0.652. The SMILES string of the molecule is Cc1cc(C)nc(-c2cccc3c2OC(CNC(=O)c2cccc(N4CCCC4=O)c2)C3)n1. The van der Waals surface area contributed by atoms with Crippen LogP contribution in [0.5, 0.6) is 5.75 Å². The third kappa shape index (κ3) is 4.31. The minimum absolute atomic E-state index is 0.105. The van der Waals surface area contributed by atoms with Crippen molar-refractivity contribution in [3.63, 3.8) is 0 Å². The number of ether oxygens (including phenoxy) is 1. The Labute approximate surface area is 192 Å². The maximum atomic E-state index is 12.8. The van der Waals surface area contributed by atoms with Crippen molar-refractivity contribution in [1.29, 1.82) is 0 Å². The number of hydrogen-bond donors (Lipinski definition) is 1. The Morgan fingerprint density at radius 2 is 1.91 bits per heavy atom. The van der Waals surface area contributed by atoms with Gasteiger partial charge in [-0.15, -0.1) is 0 Å². The molecule has 3 aromatic rings. The van der Waals surface area contributed by atoms with E-state index < -0.39 is 0 Å². The zero-order chi connectivity index (χ0) is 22.9. The molecule has 1 unspecified atom stereocenters. The molecule has 1 N–H and O–H groups in total. The van der Waals surface area contributed by atoms with Gasteiger partial charge in [0.15, 0.2) is 5.82 Å². The summed E-state index contributed by atoms with van der Waals surface area (Å²) in [5.74, 6) is 1.37. The Bertz CT molecular complexity index is 1220. The van der Waals surface area contributed by atoms with E-state index >= 15 is 0 Å².